The van der Waals surface area contributed by atoms with Gasteiger partial charge in [-0.05, 0) is 50.4 Å². The van der Waals surface area contributed by atoms with Crippen LogP contribution < -0.4 is 10.6 Å². The minimum atomic E-state index is 0.346. The summed E-state index contributed by atoms with van der Waals surface area (Å²) in [7, 11) is 1.68. The Morgan fingerprint density at radius 1 is 1.36 bits per heavy atom. The number of aryl methyl sites for hydroxylation is 1. The van der Waals surface area contributed by atoms with Crippen LogP contribution in [-0.2, 0) is 24.3 Å². The largest absolute Gasteiger partial charge is 0.377 e. The smallest absolute Gasteiger partial charge is 0.191 e. The maximum atomic E-state index is 5.14. The van der Waals surface area contributed by atoms with Crippen molar-refractivity contribution < 1.29 is 4.74 Å². The van der Waals surface area contributed by atoms with E-state index < -0.39 is 0 Å². The summed E-state index contributed by atoms with van der Waals surface area (Å²) in [5, 5.41) is 11.6. The number of nitrogens with zero attached hydrogens (tertiary/aromatic N) is 4. The highest BCUT2D eigenvalue weighted by Gasteiger charge is 2.53. The molecule has 4 rings (SSSR count). The van der Waals surface area contributed by atoms with Gasteiger partial charge in [-0.1, -0.05) is 0 Å². The summed E-state index contributed by atoms with van der Waals surface area (Å²) in [6.07, 6.45) is 7.58. The molecule has 1 aliphatic heterocycles. The SMILES string of the molecule is CCNC(=NCC1(C2CC2)CC1)NC1CCc2nc(COC)nn2C1. The molecule has 25 heavy (non-hydrogen) atoms. The maximum absolute atomic E-state index is 5.14. The summed E-state index contributed by atoms with van der Waals surface area (Å²) in [5.74, 6) is 3.75. The minimum Gasteiger partial charge on any atom is -0.377 e. The number of nitrogens with one attached hydrogen (secondary N) is 2. The highest BCUT2D eigenvalue weighted by molar-refractivity contribution is 5.80. The molecule has 2 fully saturated rings. The Kier molecular flexibility index (Phi) is 4.67. The molecule has 0 spiro atoms. The van der Waals surface area contributed by atoms with Gasteiger partial charge in [0.25, 0.3) is 0 Å². The molecule has 1 atom stereocenters. The molecule has 2 heterocycles. The van der Waals surface area contributed by atoms with Gasteiger partial charge in [-0.25, -0.2) is 9.67 Å². The van der Waals surface area contributed by atoms with E-state index in [0.717, 1.165) is 56.0 Å². The van der Waals surface area contributed by atoms with Crippen LogP contribution in [0.25, 0.3) is 0 Å². The average molecular weight is 346 g/mol. The van der Waals surface area contributed by atoms with Crippen molar-refractivity contribution in [3.8, 4) is 0 Å². The van der Waals surface area contributed by atoms with E-state index in [4.69, 9.17) is 9.73 Å². The fraction of sp³-hybridized carbons (Fsp3) is 0.833. The van der Waals surface area contributed by atoms with Crippen LogP contribution >= 0.6 is 0 Å². The van der Waals surface area contributed by atoms with Gasteiger partial charge in [-0.2, -0.15) is 5.10 Å². The quantitative estimate of drug-likeness (QED) is 0.578. The molecule has 3 aliphatic rings. The Bertz CT molecular complexity index is 632. The van der Waals surface area contributed by atoms with E-state index in [9.17, 15) is 0 Å². The van der Waals surface area contributed by atoms with E-state index in [-0.39, 0.29) is 0 Å². The van der Waals surface area contributed by atoms with Crippen molar-refractivity contribution in [2.75, 3.05) is 20.2 Å². The van der Waals surface area contributed by atoms with Crippen LogP contribution in [0.3, 0.4) is 0 Å². The van der Waals surface area contributed by atoms with Gasteiger partial charge in [0.15, 0.2) is 11.8 Å². The summed E-state index contributed by atoms with van der Waals surface area (Å²) >= 11 is 0. The van der Waals surface area contributed by atoms with Crippen molar-refractivity contribution >= 4 is 5.96 Å². The first-order valence-electron chi connectivity index (χ1n) is 9.69. The highest BCUT2D eigenvalue weighted by atomic mass is 16.5. The molecule has 2 saturated carbocycles. The zero-order valence-corrected chi connectivity index (χ0v) is 15.4. The maximum Gasteiger partial charge on any atom is 0.191 e. The first-order valence-corrected chi connectivity index (χ1v) is 9.69. The first-order chi connectivity index (χ1) is 12.2. The van der Waals surface area contributed by atoms with Crippen LogP contribution in [-0.4, -0.2) is 47.0 Å². The number of guanidine groups is 1. The van der Waals surface area contributed by atoms with E-state index in [1.807, 2.05) is 4.68 Å². The van der Waals surface area contributed by atoms with Gasteiger partial charge in [0, 0.05) is 32.7 Å². The molecule has 0 aromatic carbocycles. The molecule has 1 aromatic heterocycles. The second-order valence-electron chi connectivity index (χ2n) is 7.77. The summed E-state index contributed by atoms with van der Waals surface area (Å²) in [6, 6.07) is 0.346. The van der Waals surface area contributed by atoms with Crippen LogP contribution in [0.4, 0.5) is 0 Å². The highest BCUT2D eigenvalue weighted by Crippen LogP contribution is 2.61. The Labute approximate surface area is 149 Å². The molecule has 0 saturated heterocycles. The van der Waals surface area contributed by atoms with Crippen molar-refractivity contribution in [1.29, 1.82) is 0 Å². The monoisotopic (exact) mass is 346 g/mol. The number of hydrogen-bond donors (Lipinski definition) is 2. The lowest BCUT2D eigenvalue weighted by Gasteiger charge is -2.25. The molecule has 7 nitrogen and oxygen atoms in total. The number of ether oxygens (including phenoxy) is 1. The van der Waals surface area contributed by atoms with Crippen molar-refractivity contribution in [2.24, 2.45) is 16.3 Å². The Morgan fingerprint density at radius 2 is 2.20 bits per heavy atom. The van der Waals surface area contributed by atoms with Gasteiger partial charge >= 0.3 is 0 Å². The lowest BCUT2D eigenvalue weighted by molar-refractivity contribution is 0.177. The number of fused-ring (bicyclic) bond motifs is 1. The molecule has 1 aromatic rings. The van der Waals surface area contributed by atoms with Gasteiger partial charge in [0.05, 0.1) is 6.54 Å². The van der Waals surface area contributed by atoms with Crippen LogP contribution in [0, 0.1) is 11.3 Å². The predicted molar refractivity (Wildman–Crippen MR) is 96.3 cm³/mol. The topological polar surface area (TPSA) is 76.4 Å². The molecular weight excluding hydrogens is 316 g/mol. The second kappa shape index (κ2) is 6.94. The fourth-order valence-electron chi connectivity index (χ4n) is 3.97. The molecule has 138 valence electrons. The summed E-state index contributed by atoms with van der Waals surface area (Å²) in [6.45, 7) is 5.31. The summed E-state index contributed by atoms with van der Waals surface area (Å²) in [5.41, 5.74) is 0.545. The number of aromatic nitrogens is 3. The molecule has 2 aliphatic carbocycles. The van der Waals surface area contributed by atoms with Gasteiger partial charge in [-0.15, -0.1) is 0 Å². The van der Waals surface area contributed by atoms with Crippen LogP contribution in [0.15, 0.2) is 4.99 Å². The van der Waals surface area contributed by atoms with E-state index in [2.05, 4.69) is 27.6 Å². The average Bonchev–Trinajstić information content (AvgIpc) is 3.50. The third-order valence-electron chi connectivity index (χ3n) is 5.75. The molecule has 0 bridgehead atoms. The van der Waals surface area contributed by atoms with E-state index >= 15 is 0 Å². The fourth-order valence-corrected chi connectivity index (χ4v) is 3.97. The third kappa shape index (κ3) is 3.81. The summed E-state index contributed by atoms with van der Waals surface area (Å²) in [4.78, 5) is 9.47. The molecule has 1 unspecified atom stereocenters. The Balaban J connectivity index is 1.37. The van der Waals surface area contributed by atoms with E-state index in [0.29, 0.717) is 18.1 Å². The second-order valence-corrected chi connectivity index (χ2v) is 7.77. The lowest BCUT2D eigenvalue weighted by atomic mass is 10.0. The lowest BCUT2D eigenvalue weighted by Crippen LogP contribution is -2.47. The standard InChI is InChI=1S/C18H30N6O/c1-3-19-17(20-12-18(8-9-18)13-4-5-13)21-14-6-7-16-22-15(11-25-2)23-24(16)10-14/h13-14H,3-12H2,1-2H3,(H2,19,20,21). The number of aliphatic imine (C=N–C) groups is 1. The minimum absolute atomic E-state index is 0.346. The molecule has 7 heteroatoms. The van der Waals surface area contributed by atoms with Crippen LogP contribution in [0.1, 0.15) is 50.7 Å². The zero-order chi connectivity index (χ0) is 17.3. The van der Waals surface area contributed by atoms with E-state index in [1.165, 1.54) is 25.7 Å². The molecule has 0 radical (unpaired) electrons. The van der Waals surface area contributed by atoms with E-state index in [1.54, 1.807) is 7.11 Å². The molecular formula is C18H30N6O. The van der Waals surface area contributed by atoms with Crippen LogP contribution in [0.5, 0.6) is 0 Å². The summed E-state index contributed by atoms with van der Waals surface area (Å²) < 4.78 is 7.16. The normalized spacial score (nSPS) is 24.7. The Morgan fingerprint density at radius 3 is 2.88 bits per heavy atom. The molecule has 2 N–H and O–H groups in total. The predicted octanol–water partition coefficient (Wildman–Crippen LogP) is 1.48. The van der Waals surface area contributed by atoms with Crippen molar-refractivity contribution in [3.05, 3.63) is 11.6 Å². The first kappa shape index (κ1) is 16.8. The van der Waals surface area contributed by atoms with Gasteiger partial charge in [0.1, 0.15) is 12.4 Å². The number of hydrogen-bond acceptors (Lipinski definition) is 4. The van der Waals surface area contributed by atoms with Gasteiger partial charge < -0.3 is 15.4 Å². The van der Waals surface area contributed by atoms with Gasteiger partial charge in [-0.3, -0.25) is 4.99 Å². The third-order valence-corrected chi connectivity index (χ3v) is 5.75. The number of methoxy groups -OCH3 is 1. The Hall–Kier alpha value is -1.63. The number of rotatable bonds is 7. The van der Waals surface area contributed by atoms with Crippen molar-refractivity contribution in [1.82, 2.24) is 25.4 Å². The van der Waals surface area contributed by atoms with Crippen LogP contribution in [0.2, 0.25) is 0 Å². The molecule has 0 amide bonds. The zero-order valence-electron chi connectivity index (χ0n) is 15.4. The van der Waals surface area contributed by atoms with Crippen molar-refractivity contribution in [3.63, 3.8) is 0 Å². The van der Waals surface area contributed by atoms with Gasteiger partial charge in [0.2, 0.25) is 0 Å². The van der Waals surface area contributed by atoms with Crippen molar-refractivity contribution in [2.45, 2.75) is 64.6 Å².